The Morgan fingerprint density at radius 3 is 2.88 bits per heavy atom. The van der Waals surface area contributed by atoms with E-state index in [0.717, 1.165) is 10.0 Å². The van der Waals surface area contributed by atoms with E-state index in [2.05, 4.69) is 20.9 Å². The summed E-state index contributed by atoms with van der Waals surface area (Å²) in [6.07, 6.45) is 3.12. The molecule has 0 amide bonds. The van der Waals surface area contributed by atoms with Gasteiger partial charge in [-0.1, -0.05) is 28.1 Å². The average Bonchev–Trinajstić information content (AvgIpc) is 2.29. The van der Waals surface area contributed by atoms with Crippen LogP contribution in [0.4, 0.5) is 5.69 Å². The van der Waals surface area contributed by atoms with Crippen molar-refractivity contribution in [1.82, 2.24) is 4.98 Å². The third-order valence-electron chi connectivity index (χ3n) is 2.56. The van der Waals surface area contributed by atoms with E-state index < -0.39 is 6.10 Å². The van der Waals surface area contributed by atoms with Crippen LogP contribution in [0.25, 0.3) is 0 Å². The molecule has 17 heavy (non-hydrogen) atoms. The van der Waals surface area contributed by atoms with Gasteiger partial charge in [-0.05, 0) is 23.8 Å². The number of aliphatic hydroxyl groups excluding tert-OH is 1. The molecule has 0 aliphatic carbocycles. The van der Waals surface area contributed by atoms with Crippen molar-refractivity contribution in [2.24, 2.45) is 0 Å². The van der Waals surface area contributed by atoms with Crippen LogP contribution in [-0.2, 0) is 6.42 Å². The minimum atomic E-state index is -0.627. The van der Waals surface area contributed by atoms with Crippen molar-refractivity contribution >= 4 is 21.6 Å². The predicted molar refractivity (Wildman–Crippen MR) is 71.5 cm³/mol. The second-order valence-electron chi connectivity index (χ2n) is 3.85. The summed E-state index contributed by atoms with van der Waals surface area (Å²) in [5, 5.41) is 10.1. The molecular formula is C13H13BrN2O. The number of hydrogen-bond donors (Lipinski definition) is 2. The summed E-state index contributed by atoms with van der Waals surface area (Å²) in [6.45, 7) is 0. The van der Waals surface area contributed by atoms with Gasteiger partial charge in [-0.2, -0.15) is 0 Å². The van der Waals surface area contributed by atoms with Crippen molar-refractivity contribution in [3.63, 3.8) is 0 Å². The lowest BCUT2D eigenvalue weighted by molar-refractivity contribution is 0.179. The Morgan fingerprint density at radius 2 is 2.18 bits per heavy atom. The van der Waals surface area contributed by atoms with Gasteiger partial charge in [0.05, 0.1) is 6.10 Å². The number of aliphatic hydroxyl groups is 1. The fraction of sp³-hybridized carbons (Fsp3) is 0.154. The van der Waals surface area contributed by atoms with Crippen LogP contribution in [-0.4, -0.2) is 10.1 Å². The Labute approximate surface area is 108 Å². The molecule has 1 aromatic carbocycles. The first-order chi connectivity index (χ1) is 8.16. The van der Waals surface area contributed by atoms with Crippen molar-refractivity contribution in [2.45, 2.75) is 12.5 Å². The molecule has 0 fully saturated rings. The monoisotopic (exact) mass is 292 g/mol. The highest BCUT2D eigenvalue weighted by Crippen LogP contribution is 2.23. The molecule has 2 aromatic rings. The van der Waals surface area contributed by atoms with E-state index in [-0.39, 0.29) is 0 Å². The van der Waals surface area contributed by atoms with Gasteiger partial charge >= 0.3 is 0 Å². The highest BCUT2D eigenvalue weighted by Gasteiger charge is 2.11. The van der Waals surface area contributed by atoms with Gasteiger partial charge in [0.25, 0.3) is 0 Å². The highest BCUT2D eigenvalue weighted by molar-refractivity contribution is 9.10. The maximum Gasteiger partial charge on any atom is 0.0865 e. The lowest BCUT2D eigenvalue weighted by Crippen LogP contribution is -2.05. The van der Waals surface area contributed by atoms with Crippen molar-refractivity contribution < 1.29 is 5.11 Å². The molecule has 1 heterocycles. The van der Waals surface area contributed by atoms with Crippen LogP contribution in [0.2, 0.25) is 0 Å². The van der Waals surface area contributed by atoms with Gasteiger partial charge in [0.2, 0.25) is 0 Å². The molecule has 1 atom stereocenters. The summed E-state index contributed by atoms with van der Waals surface area (Å²) >= 11 is 3.40. The first-order valence-electron chi connectivity index (χ1n) is 5.28. The van der Waals surface area contributed by atoms with E-state index in [1.165, 1.54) is 0 Å². The number of hydrogen-bond acceptors (Lipinski definition) is 3. The van der Waals surface area contributed by atoms with Crippen LogP contribution >= 0.6 is 15.9 Å². The topological polar surface area (TPSA) is 59.1 Å². The summed E-state index contributed by atoms with van der Waals surface area (Å²) in [7, 11) is 0. The molecule has 88 valence electrons. The van der Waals surface area contributed by atoms with E-state index in [1.54, 1.807) is 18.5 Å². The molecule has 0 aliphatic rings. The molecule has 0 aliphatic heterocycles. The summed E-state index contributed by atoms with van der Waals surface area (Å²) in [4.78, 5) is 3.98. The fourth-order valence-electron chi connectivity index (χ4n) is 1.69. The van der Waals surface area contributed by atoms with Gasteiger partial charge in [0.15, 0.2) is 0 Å². The number of nitrogens with two attached hydrogens (primary N) is 1. The van der Waals surface area contributed by atoms with Crippen LogP contribution < -0.4 is 5.73 Å². The smallest absolute Gasteiger partial charge is 0.0865 e. The lowest BCUT2D eigenvalue weighted by Gasteiger charge is -2.12. The van der Waals surface area contributed by atoms with Gasteiger partial charge < -0.3 is 10.8 Å². The quantitative estimate of drug-likeness (QED) is 0.914. The molecule has 0 spiro atoms. The Morgan fingerprint density at radius 1 is 1.35 bits per heavy atom. The normalized spacial score (nSPS) is 12.4. The first-order valence-corrected chi connectivity index (χ1v) is 6.08. The Balaban J connectivity index is 2.17. The van der Waals surface area contributed by atoms with Crippen LogP contribution in [0.5, 0.6) is 0 Å². The summed E-state index contributed by atoms with van der Waals surface area (Å²) in [6, 6.07) is 9.54. The minimum absolute atomic E-state index is 0.523. The molecule has 0 bridgehead atoms. The van der Waals surface area contributed by atoms with Crippen LogP contribution in [0.1, 0.15) is 17.2 Å². The van der Waals surface area contributed by atoms with Crippen LogP contribution in [0.3, 0.4) is 0 Å². The largest absolute Gasteiger partial charge is 0.398 e. The maximum atomic E-state index is 10.1. The van der Waals surface area contributed by atoms with Crippen LogP contribution in [0, 0.1) is 0 Å². The predicted octanol–water partition coefficient (Wildman–Crippen LogP) is 2.70. The number of halogens is 1. The van der Waals surface area contributed by atoms with E-state index >= 15 is 0 Å². The number of rotatable bonds is 3. The molecule has 1 aromatic heterocycles. The number of pyridine rings is 1. The number of nitrogen functional groups attached to an aromatic ring is 1. The van der Waals surface area contributed by atoms with E-state index in [0.29, 0.717) is 17.7 Å². The molecule has 3 N–H and O–H groups in total. The number of aromatic nitrogens is 1. The third-order valence-corrected chi connectivity index (χ3v) is 3.06. The van der Waals surface area contributed by atoms with Crippen LogP contribution in [0.15, 0.2) is 47.2 Å². The summed E-state index contributed by atoms with van der Waals surface area (Å²) < 4.78 is 1.00. The molecule has 0 radical (unpaired) electrons. The SMILES string of the molecule is Nc1ccncc1C(O)Cc1cccc(Br)c1. The summed E-state index contributed by atoms with van der Waals surface area (Å²) in [5.41, 5.74) is 8.09. The van der Waals surface area contributed by atoms with Crippen molar-refractivity contribution in [1.29, 1.82) is 0 Å². The Bertz CT molecular complexity index is 516. The second-order valence-corrected chi connectivity index (χ2v) is 4.77. The zero-order valence-corrected chi connectivity index (χ0v) is 10.8. The highest BCUT2D eigenvalue weighted by atomic mass is 79.9. The van der Waals surface area contributed by atoms with Gasteiger partial charge in [0, 0.05) is 34.5 Å². The third kappa shape index (κ3) is 3.05. The zero-order chi connectivity index (χ0) is 12.3. The van der Waals surface area contributed by atoms with Gasteiger partial charge in [0.1, 0.15) is 0 Å². The van der Waals surface area contributed by atoms with Gasteiger partial charge in [-0.15, -0.1) is 0 Å². The molecule has 2 rings (SSSR count). The standard InChI is InChI=1S/C13H13BrN2O/c14-10-3-1-2-9(6-10)7-13(17)11-8-16-5-4-12(11)15/h1-6,8,13,17H,7H2,(H2,15,16). The first kappa shape index (κ1) is 12.1. The van der Waals surface area contributed by atoms with Crippen molar-refractivity contribution in [3.05, 3.63) is 58.3 Å². The molecule has 0 saturated carbocycles. The molecule has 1 unspecified atom stereocenters. The summed E-state index contributed by atoms with van der Waals surface area (Å²) in [5.74, 6) is 0. The Kier molecular flexibility index (Phi) is 3.76. The van der Waals surface area contributed by atoms with Gasteiger partial charge in [-0.3, -0.25) is 4.98 Å². The maximum absolute atomic E-state index is 10.1. The number of nitrogens with zero attached hydrogens (tertiary/aromatic N) is 1. The number of benzene rings is 1. The van der Waals surface area contributed by atoms with Crippen molar-refractivity contribution in [3.8, 4) is 0 Å². The average molecular weight is 293 g/mol. The second kappa shape index (κ2) is 5.29. The number of anilines is 1. The Hall–Kier alpha value is -1.39. The van der Waals surface area contributed by atoms with E-state index in [9.17, 15) is 5.11 Å². The minimum Gasteiger partial charge on any atom is -0.398 e. The zero-order valence-electron chi connectivity index (χ0n) is 9.18. The van der Waals surface area contributed by atoms with E-state index in [4.69, 9.17) is 5.73 Å². The van der Waals surface area contributed by atoms with E-state index in [1.807, 2.05) is 24.3 Å². The lowest BCUT2D eigenvalue weighted by atomic mass is 10.0. The molecule has 4 heteroatoms. The fourth-order valence-corrected chi connectivity index (χ4v) is 2.14. The molecule has 3 nitrogen and oxygen atoms in total. The van der Waals surface area contributed by atoms with Gasteiger partial charge in [-0.25, -0.2) is 0 Å². The molecular weight excluding hydrogens is 280 g/mol. The molecule has 0 saturated heterocycles. The van der Waals surface area contributed by atoms with Crippen molar-refractivity contribution in [2.75, 3.05) is 5.73 Å².